The van der Waals surface area contributed by atoms with Crippen LogP contribution < -0.4 is 44.2 Å². The number of halogens is 1. The van der Waals surface area contributed by atoms with Crippen LogP contribution in [0.4, 0.5) is 5.95 Å². The van der Waals surface area contributed by atoms with Crippen molar-refractivity contribution < 1.29 is 0 Å². The van der Waals surface area contributed by atoms with Crippen LogP contribution in [0.1, 0.15) is 50.9 Å². The minimum atomic E-state index is -0.468. The zero-order chi connectivity index (χ0) is 47.4. The van der Waals surface area contributed by atoms with Gasteiger partial charge in [0.1, 0.15) is 11.0 Å². The minimum absolute atomic E-state index is 0.0173. The summed E-state index contributed by atoms with van der Waals surface area (Å²) in [6.07, 6.45) is 4.19. The van der Waals surface area contributed by atoms with Crippen LogP contribution in [0.15, 0.2) is 48.2 Å². The van der Waals surface area contributed by atoms with E-state index >= 15 is 0 Å². The zero-order valence-corrected chi connectivity index (χ0v) is 40.4. The third kappa shape index (κ3) is 9.83. The lowest BCUT2D eigenvalue weighted by atomic mass is 10.1. The Bertz CT molecular complexity index is 3500. The molecule has 1 atom stereocenters. The molecule has 2 aliphatic rings. The van der Waals surface area contributed by atoms with Crippen molar-refractivity contribution in [2.75, 3.05) is 31.1 Å². The maximum Gasteiger partial charge on any atom is 0.332 e. The molecule has 22 nitrogen and oxygen atoms in total. The fraction of sp³-hybridized carbons (Fsp3) is 0.429. The van der Waals surface area contributed by atoms with Crippen molar-refractivity contribution in [2.24, 2.45) is 25.6 Å². The maximum absolute atomic E-state index is 13.6. The van der Waals surface area contributed by atoms with Crippen molar-refractivity contribution in [2.45, 2.75) is 77.8 Å². The van der Waals surface area contributed by atoms with Crippen molar-refractivity contribution in [1.82, 2.24) is 70.1 Å². The molecule has 10 rings (SSSR count). The van der Waals surface area contributed by atoms with Crippen LogP contribution in [0.5, 0.6) is 0 Å². The number of aromatic nitrogens is 14. The SMILES string of the molecule is CC#CCn1c(Br)nc2c1c(=O)n(Cc1ccc3nsnc3n1)c(=O)n2C.CC#CCn1c(N2CCC[C@@H](N)C2)nc2c1c(=O)n(Cc1ccc3nsnc3n1)c(=O)n2C.NC1CCNCC1. The molecule has 0 amide bonds. The number of anilines is 1. The largest absolute Gasteiger partial charge is 0.341 e. The lowest BCUT2D eigenvalue weighted by molar-refractivity contribution is 0.458. The first-order chi connectivity index (χ1) is 32.4. The highest BCUT2D eigenvalue weighted by Crippen LogP contribution is 2.23. The summed E-state index contributed by atoms with van der Waals surface area (Å²) in [5, 5.41) is 3.24. The molecule has 8 aromatic heterocycles. The predicted molar refractivity (Wildman–Crippen MR) is 261 cm³/mol. The molecule has 10 heterocycles. The Balaban J connectivity index is 0.000000161. The van der Waals surface area contributed by atoms with Gasteiger partial charge in [0.25, 0.3) is 11.1 Å². The van der Waals surface area contributed by atoms with Crippen molar-refractivity contribution in [3.05, 3.63) is 82.1 Å². The van der Waals surface area contributed by atoms with E-state index in [-0.39, 0.29) is 32.2 Å². The van der Waals surface area contributed by atoms with Crippen molar-refractivity contribution in [3.8, 4) is 23.7 Å². The fourth-order valence-electron chi connectivity index (χ4n) is 7.82. The van der Waals surface area contributed by atoms with E-state index in [9.17, 15) is 19.2 Å². The van der Waals surface area contributed by atoms with E-state index in [0.717, 1.165) is 73.3 Å². The second-order valence-corrected chi connectivity index (χ2v) is 17.6. The lowest BCUT2D eigenvalue weighted by Crippen LogP contribution is -2.44. The molecule has 25 heteroatoms. The van der Waals surface area contributed by atoms with Gasteiger partial charge < -0.3 is 26.3 Å². The van der Waals surface area contributed by atoms with Crippen LogP contribution in [0.25, 0.3) is 44.7 Å². The number of hydrogen-bond donors (Lipinski definition) is 3. The third-order valence-electron chi connectivity index (χ3n) is 11.3. The van der Waals surface area contributed by atoms with Gasteiger partial charge in [-0.2, -0.15) is 22.5 Å². The number of pyridine rings is 2. The zero-order valence-electron chi connectivity index (χ0n) is 37.1. The molecular formula is C42H47BrN18O4S2. The number of nitrogens with zero attached hydrogens (tertiary/aromatic N) is 15. The van der Waals surface area contributed by atoms with Crippen molar-refractivity contribution in [1.29, 1.82) is 0 Å². The summed E-state index contributed by atoms with van der Waals surface area (Å²) in [4.78, 5) is 72.5. The van der Waals surface area contributed by atoms with Crippen LogP contribution in [0, 0.1) is 23.7 Å². The van der Waals surface area contributed by atoms with E-state index in [0.29, 0.717) is 79.3 Å². The van der Waals surface area contributed by atoms with Crippen LogP contribution in [0.3, 0.4) is 0 Å². The first-order valence-electron chi connectivity index (χ1n) is 21.4. The van der Waals surface area contributed by atoms with Crippen LogP contribution >= 0.6 is 39.4 Å². The van der Waals surface area contributed by atoms with Crippen LogP contribution in [-0.2, 0) is 40.3 Å². The van der Waals surface area contributed by atoms with Gasteiger partial charge in [-0.05, 0) is 92.8 Å². The fourth-order valence-corrected chi connectivity index (χ4v) is 9.25. The molecule has 67 heavy (non-hydrogen) atoms. The highest BCUT2D eigenvalue weighted by Gasteiger charge is 2.27. The average Bonchev–Trinajstić information content (AvgIpc) is 4.15. The summed E-state index contributed by atoms with van der Waals surface area (Å²) in [5.74, 6) is 12.2. The minimum Gasteiger partial charge on any atom is -0.341 e. The molecule has 8 aromatic rings. The van der Waals surface area contributed by atoms with Gasteiger partial charge in [0.05, 0.1) is 61.0 Å². The summed E-state index contributed by atoms with van der Waals surface area (Å²) in [6.45, 7) is 7.73. The number of imidazole rings is 2. The number of hydrogen-bond acceptors (Lipinski definition) is 18. The van der Waals surface area contributed by atoms with E-state index < -0.39 is 22.5 Å². The van der Waals surface area contributed by atoms with Gasteiger partial charge in [0, 0.05) is 39.3 Å². The monoisotopic (exact) mass is 1010 g/mol. The molecule has 0 radical (unpaired) electrons. The van der Waals surface area contributed by atoms with Gasteiger partial charge in [-0.25, -0.2) is 24.5 Å². The highest BCUT2D eigenvalue weighted by atomic mass is 79.9. The number of rotatable bonds is 7. The third-order valence-corrected chi connectivity index (χ3v) is 13.0. The smallest absolute Gasteiger partial charge is 0.332 e. The first kappa shape index (κ1) is 47.0. The molecule has 2 aliphatic heterocycles. The van der Waals surface area contributed by atoms with E-state index in [4.69, 9.17) is 16.5 Å². The standard InChI is InChI=1S/C21H23N9O2S.C16H12BrN7O2S.C5H12N2/c1-3-4-10-29-16-18(24-20(29)28-9-5-6-13(22)11-28)27(2)21(32)30(19(16)31)12-14-7-8-15-17(23-14)26-33-25-15;1-3-4-7-23-11-13(19-15(23)17)22(2)16(26)24(14(11)25)8-9-5-6-10-12(18-9)21-27-20-10;6-5-1-3-7-4-2-5/h7-8,13H,5-6,9-12,22H2,1-2H3;5-6H,7-8H2,1-2H3;5,7H,1-4,6H2/t13-;;/m1../s1. The van der Waals surface area contributed by atoms with Crippen LogP contribution in [-0.4, -0.2) is 103 Å². The molecule has 0 bridgehead atoms. The number of nitrogens with one attached hydrogen (secondary N) is 1. The summed E-state index contributed by atoms with van der Waals surface area (Å²) in [5.41, 5.74) is 14.7. The summed E-state index contributed by atoms with van der Waals surface area (Å²) in [7, 11) is 3.20. The second-order valence-electron chi connectivity index (χ2n) is 15.9. The lowest BCUT2D eigenvalue weighted by Gasteiger charge is -2.31. The number of piperidine rings is 2. The van der Waals surface area contributed by atoms with Gasteiger partial charge in [0.15, 0.2) is 38.4 Å². The van der Waals surface area contributed by atoms with Crippen molar-refractivity contribution >= 4 is 90.0 Å². The molecule has 5 N–H and O–H groups in total. The predicted octanol–water partition coefficient (Wildman–Crippen LogP) is 1.12. The Morgan fingerprint density at radius 1 is 0.687 bits per heavy atom. The Kier molecular flexibility index (Phi) is 14.4. The molecule has 348 valence electrons. The molecule has 0 aromatic carbocycles. The van der Waals surface area contributed by atoms with Gasteiger partial charge in [-0.1, -0.05) is 11.8 Å². The van der Waals surface area contributed by atoms with Crippen molar-refractivity contribution in [3.63, 3.8) is 0 Å². The van der Waals surface area contributed by atoms with E-state index in [1.54, 1.807) is 61.3 Å². The average molecular weight is 1010 g/mol. The van der Waals surface area contributed by atoms with Gasteiger partial charge in [-0.15, -0.1) is 11.8 Å². The van der Waals surface area contributed by atoms with Gasteiger partial charge >= 0.3 is 11.4 Å². The molecule has 2 saturated heterocycles. The Labute approximate surface area is 398 Å². The van der Waals surface area contributed by atoms with Gasteiger partial charge in [-0.3, -0.25) is 32.4 Å². The molecular weight excluding hydrogens is 965 g/mol. The Hall–Kier alpha value is -6.48. The van der Waals surface area contributed by atoms with E-state index in [1.165, 1.54) is 13.7 Å². The normalized spacial score (nSPS) is 15.1. The summed E-state index contributed by atoms with van der Waals surface area (Å²) in [6, 6.07) is 7.55. The van der Waals surface area contributed by atoms with E-state index in [2.05, 4.69) is 82.3 Å². The second kappa shape index (κ2) is 20.6. The molecule has 2 fully saturated rings. The number of fused-ring (bicyclic) bond motifs is 4. The quantitative estimate of drug-likeness (QED) is 0.149. The Morgan fingerprint density at radius 2 is 1.21 bits per heavy atom. The number of aryl methyl sites for hydroxylation is 2. The molecule has 0 saturated carbocycles. The van der Waals surface area contributed by atoms with Gasteiger partial charge in [0.2, 0.25) is 5.95 Å². The van der Waals surface area contributed by atoms with E-state index in [1.807, 2.05) is 0 Å². The topological polar surface area (TPSA) is 268 Å². The highest BCUT2D eigenvalue weighted by molar-refractivity contribution is 9.10. The summed E-state index contributed by atoms with van der Waals surface area (Å²) >= 11 is 5.47. The van der Waals surface area contributed by atoms with Crippen LogP contribution in [0.2, 0.25) is 0 Å². The summed E-state index contributed by atoms with van der Waals surface area (Å²) < 4.78 is 25.4. The first-order valence-corrected chi connectivity index (χ1v) is 23.6. The number of nitrogens with two attached hydrogens (primary N) is 2. The molecule has 0 aliphatic carbocycles. The molecule has 0 unspecified atom stereocenters. The maximum atomic E-state index is 13.6. The molecule has 0 spiro atoms. The Morgan fingerprint density at radius 3 is 1.72 bits per heavy atom.